The Balaban J connectivity index is 1.43. The van der Waals surface area contributed by atoms with Crippen LogP contribution in [0.25, 0.3) is 11.0 Å². The van der Waals surface area contributed by atoms with Crippen LogP contribution in [-0.4, -0.2) is 55.2 Å². The number of fused-ring (bicyclic) bond motifs is 2. The van der Waals surface area contributed by atoms with E-state index in [0.29, 0.717) is 23.5 Å². The lowest BCUT2D eigenvalue weighted by Gasteiger charge is -2.31. The SMILES string of the molecule is CCc1ccc2oc(=O)cc(CN3C[C@H]4[C@@H](CN(C)C)[C@@H]5CC[C@@]4(C3)O5)c2c1. The van der Waals surface area contributed by atoms with E-state index in [4.69, 9.17) is 9.15 Å². The molecule has 1 aromatic carbocycles. The Kier molecular flexibility index (Phi) is 4.38. The summed E-state index contributed by atoms with van der Waals surface area (Å²) in [6.07, 6.45) is 3.79. The number of hydrogen-bond donors (Lipinski definition) is 0. The van der Waals surface area contributed by atoms with Gasteiger partial charge in [-0.3, -0.25) is 4.90 Å². The van der Waals surface area contributed by atoms with Gasteiger partial charge in [-0.25, -0.2) is 4.79 Å². The first-order chi connectivity index (χ1) is 13.5. The Hall–Kier alpha value is -1.69. The molecule has 5 nitrogen and oxygen atoms in total. The highest BCUT2D eigenvalue weighted by Gasteiger charge is 2.62. The second kappa shape index (κ2) is 6.68. The molecule has 3 fully saturated rings. The molecule has 0 unspecified atom stereocenters. The highest BCUT2D eigenvalue weighted by Crippen LogP contribution is 2.55. The van der Waals surface area contributed by atoms with E-state index in [-0.39, 0.29) is 11.2 Å². The van der Waals surface area contributed by atoms with Crippen LogP contribution in [0.3, 0.4) is 0 Å². The Morgan fingerprint density at radius 2 is 2.14 bits per heavy atom. The van der Waals surface area contributed by atoms with Crippen molar-refractivity contribution in [3.05, 3.63) is 45.8 Å². The normalized spacial score (nSPS) is 31.9. The summed E-state index contributed by atoms with van der Waals surface area (Å²) in [5, 5.41) is 1.07. The van der Waals surface area contributed by atoms with Crippen LogP contribution in [0.2, 0.25) is 0 Å². The van der Waals surface area contributed by atoms with Crippen molar-refractivity contribution in [2.24, 2.45) is 11.8 Å². The number of rotatable bonds is 5. The third-order valence-corrected chi connectivity index (χ3v) is 7.13. The van der Waals surface area contributed by atoms with Gasteiger partial charge in [0.05, 0.1) is 11.7 Å². The van der Waals surface area contributed by atoms with E-state index in [2.05, 4.69) is 36.9 Å². The first kappa shape index (κ1) is 18.3. The fourth-order valence-electron chi connectivity index (χ4n) is 5.94. The summed E-state index contributed by atoms with van der Waals surface area (Å²) in [4.78, 5) is 16.9. The average Bonchev–Trinajstić information content (AvgIpc) is 3.30. The van der Waals surface area contributed by atoms with Crippen LogP contribution in [0, 0.1) is 11.8 Å². The summed E-state index contributed by atoms with van der Waals surface area (Å²) in [7, 11) is 4.32. The van der Waals surface area contributed by atoms with Crippen molar-refractivity contribution in [1.82, 2.24) is 9.80 Å². The lowest BCUT2D eigenvalue weighted by atomic mass is 9.73. The third-order valence-electron chi connectivity index (χ3n) is 7.13. The van der Waals surface area contributed by atoms with Crippen LogP contribution in [0.4, 0.5) is 0 Å². The monoisotopic (exact) mass is 382 g/mol. The molecule has 0 saturated carbocycles. The van der Waals surface area contributed by atoms with E-state index < -0.39 is 0 Å². The number of nitrogens with zero attached hydrogens (tertiary/aromatic N) is 2. The second-order valence-electron chi connectivity index (χ2n) is 9.24. The van der Waals surface area contributed by atoms with Gasteiger partial charge < -0.3 is 14.1 Å². The summed E-state index contributed by atoms with van der Waals surface area (Å²) in [6, 6.07) is 7.85. The molecule has 4 heterocycles. The van der Waals surface area contributed by atoms with Crippen LogP contribution in [0.1, 0.15) is 30.9 Å². The molecule has 28 heavy (non-hydrogen) atoms. The molecule has 1 spiro atoms. The zero-order chi connectivity index (χ0) is 19.5. The highest BCUT2D eigenvalue weighted by molar-refractivity contribution is 5.80. The molecule has 5 rings (SSSR count). The average molecular weight is 383 g/mol. The van der Waals surface area contributed by atoms with Crippen molar-refractivity contribution in [2.45, 2.75) is 44.4 Å². The second-order valence-corrected chi connectivity index (χ2v) is 9.24. The fourth-order valence-corrected chi connectivity index (χ4v) is 5.94. The first-order valence-electron chi connectivity index (χ1n) is 10.6. The van der Waals surface area contributed by atoms with Gasteiger partial charge in [0.15, 0.2) is 0 Å². The van der Waals surface area contributed by atoms with Crippen molar-refractivity contribution in [1.29, 1.82) is 0 Å². The highest BCUT2D eigenvalue weighted by atomic mass is 16.5. The minimum atomic E-state index is -0.257. The molecule has 150 valence electrons. The van der Waals surface area contributed by atoms with E-state index >= 15 is 0 Å². The fraction of sp³-hybridized carbons (Fsp3) is 0.609. The largest absolute Gasteiger partial charge is 0.423 e. The molecule has 5 heteroatoms. The summed E-state index contributed by atoms with van der Waals surface area (Å²) >= 11 is 0. The number of ether oxygens (including phenoxy) is 1. The van der Waals surface area contributed by atoms with Crippen LogP contribution in [-0.2, 0) is 17.7 Å². The molecular weight excluding hydrogens is 352 g/mol. The zero-order valence-corrected chi connectivity index (χ0v) is 17.1. The molecule has 0 radical (unpaired) electrons. The Morgan fingerprint density at radius 3 is 2.93 bits per heavy atom. The summed E-state index contributed by atoms with van der Waals surface area (Å²) in [5.41, 5.74) is 2.82. The molecule has 4 atom stereocenters. The van der Waals surface area contributed by atoms with E-state index in [1.807, 2.05) is 12.1 Å². The van der Waals surface area contributed by atoms with E-state index in [9.17, 15) is 4.79 Å². The van der Waals surface area contributed by atoms with Crippen molar-refractivity contribution in [3.63, 3.8) is 0 Å². The molecule has 3 aliphatic rings. The predicted octanol–water partition coefficient (Wildman–Crippen LogP) is 2.90. The van der Waals surface area contributed by atoms with E-state index in [1.165, 1.54) is 18.4 Å². The maximum absolute atomic E-state index is 12.1. The maximum Gasteiger partial charge on any atom is 0.336 e. The van der Waals surface area contributed by atoms with Crippen LogP contribution in [0.5, 0.6) is 0 Å². The Bertz CT molecular complexity index is 953. The Morgan fingerprint density at radius 1 is 1.29 bits per heavy atom. The number of hydrogen-bond acceptors (Lipinski definition) is 5. The van der Waals surface area contributed by atoms with Crippen molar-refractivity contribution >= 4 is 11.0 Å². The van der Waals surface area contributed by atoms with Gasteiger partial charge in [-0.2, -0.15) is 0 Å². The van der Waals surface area contributed by atoms with Gasteiger partial charge in [0, 0.05) is 49.5 Å². The molecule has 0 N–H and O–H groups in total. The van der Waals surface area contributed by atoms with Gasteiger partial charge in [-0.15, -0.1) is 0 Å². The van der Waals surface area contributed by atoms with E-state index in [1.54, 1.807) is 6.07 Å². The van der Waals surface area contributed by atoms with Gasteiger partial charge >= 0.3 is 5.63 Å². The van der Waals surface area contributed by atoms with Crippen LogP contribution >= 0.6 is 0 Å². The summed E-state index contributed by atoms with van der Waals surface area (Å²) < 4.78 is 12.0. The molecule has 0 amide bonds. The van der Waals surface area contributed by atoms with Gasteiger partial charge in [0.25, 0.3) is 0 Å². The molecule has 3 saturated heterocycles. The predicted molar refractivity (Wildman–Crippen MR) is 110 cm³/mol. The van der Waals surface area contributed by atoms with Gasteiger partial charge in [0.2, 0.25) is 0 Å². The van der Waals surface area contributed by atoms with Crippen molar-refractivity contribution < 1.29 is 9.15 Å². The number of likely N-dealkylation sites (tertiary alicyclic amines) is 1. The van der Waals surface area contributed by atoms with Crippen LogP contribution < -0.4 is 5.63 Å². The van der Waals surface area contributed by atoms with E-state index in [0.717, 1.165) is 43.5 Å². The summed E-state index contributed by atoms with van der Waals surface area (Å²) in [5.74, 6) is 1.23. The van der Waals surface area contributed by atoms with Gasteiger partial charge in [0.1, 0.15) is 5.58 Å². The smallest absolute Gasteiger partial charge is 0.336 e. The molecule has 0 aliphatic carbocycles. The minimum Gasteiger partial charge on any atom is -0.423 e. The number of aryl methyl sites for hydroxylation is 1. The lowest BCUT2D eigenvalue weighted by Crippen LogP contribution is -2.40. The molecular formula is C23H30N2O3. The van der Waals surface area contributed by atoms with Gasteiger partial charge in [-0.1, -0.05) is 13.0 Å². The molecule has 2 aromatic rings. The Labute approximate surface area is 166 Å². The third kappa shape index (κ3) is 2.92. The molecule has 2 bridgehead atoms. The van der Waals surface area contributed by atoms with Crippen molar-refractivity contribution in [2.75, 3.05) is 33.7 Å². The number of benzene rings is 1. The maximum atomic E-state index is 12.1. The topological polar surface area (TPSA) is 45.9 Å². The quantitative estimate of drug-likeness (QED) is 0.744. The first-order valence-corrected chi connectivity index (χ1v) is 10.6. The molecule has 3 aliphatic heterocycles. The van der Waals surface area contributed by atoms with Gasteiger partial charge in [-0.05, 0) is 56.6 Å². The van der Waals surface area contributed by atoms with Crippen molar-refractivity contribution in [3.8, 4) is 0 Å². The standard InChI is InChI=1S/C23H30N2O3/c1-4-15-5-6-20-17(9-15)16(10-22(26)27-20)11-25-13-19-18(12-24(2)3)21-7-8-23(19,14-25)28-21/h5-6,9-10,18-19,21H,4,7-8,11-14H2,1-3H3/t18-,19+,21+,23+/m1/s1. The lowest BCUT2D eigenvalue weighted by molar-refractivity contribution is 0.00147. The summed E-state index contributed by atoms with van der Waals surface area (Å²) in [6.45, 7) is 6.08. The van der Waals surface area contributed by atoms with Crippen LogP contribution in [0.15, 0.2) is 33.5 Å². The minimum absolute atomic E-state index is 0.0369. The zero-order valence-electron chi connectivity index (χ0n) is 17.1. The molecule has 1 aromatic heterocycles.